The predicted molar refractivity (Wildman–Crippen MR) is 173 cm³/mol. The van der Waals surface area contributed by atoms with E-state index in [1.54, 1.807) is 0 Å². The number of carbonyl (C=O) groups is 1. The predicted octanol–water partition coefficient (Wildman–Crippen LogP) is -0.504. The summed E-state index contributed by atoms with van der Waals surface area (Å²) < 4.78 is 33.1. The minimum Gasteiger partial charge on any atom is -0.571 e. The number of phenolic OH excluding ortho intramolecular Hbond substituents is 7. The number of hydrogen-bond donors (Lipinski definition) is 12. The van der Waals surface area contributed by atoms with E-state index < -0.39 is 120 Å². The second kappa shape index (κ2) is 14.6. The van der Waals surface area contributed by atoms with Gasteiger partial charge in [0.15, 0.2) is 46.9 Å². The maximum Gasteiger partial charge on any atom is 0.339 e. The first-order valence-corrected chi connectivity index (χ1v) is 16.0. The van der Waals surface area contributed by atoms with Gasteiger partial charge in [0.2, 0.25) is 6.29 Å². The van der Waals surface area contributed by atoms with Gasteiger partial charge in [-0.25, -0.2) is 4.79 Å². The molecule has 1 unspecified atom stereocenters. The highest BCUT2D eigenvalue weighted by molar-refractivity contribution is 5.91. The van der Waals surface area contributed by atoms with E-state index in [0.29, 0.717) is 0 Å². The van der Waals surface area contributed by atoms with Gasteiger partial charge in [0.25, 0.3) is 11.9 Å². The van der Waals surface area contributed by atoms with Crippen molar-refractivity contribution in [2.45, 2.75) is 74.4 Å². The van der Waals surface area contributed by atoms with Gasteiger partial charge in [-0.2, -0.15) is 0 Å². The first-order chi connectivity index (χ1) is 25.0. The van der Waals surface area contributed by atoms with Crippen molar-refractivity contribution in [2.75, 3.05) is 6.61 Å². The van der Waals surface area contributed by atoms with Crippen LogP contribution in [-0.4, -0.2) is 140 Å². The molecular weight excluding hydrogens is 712 g/mol. The lowest BCUT2D eigenvalue weighted by Crippen LogP contribution is -2.62. The normalized spacial score (nSPS) is 31.1. The standard InChI is InChI=1S/C34H36O19/c1-11-24(41)27(44)29(46)33(49-11)48-10-23-26(43)28(45)31(53-32(47)13-5-19(39)25(42)20(40)6-13)34(52-23)51-22-9-15-17(37)7-14(35)8-21(15)50-30(22)12-2-3-16(36)18(38)4-12/h2-9,11,23-24,26-31,33-46H,10H2,1H3/p+1/t11-,23-,24-,26-,27+,28+,29-,30?,31-,33-,34-/m0/s1. The smallest absolute Gasteiger partial charge is 0.339 e. The third-order valence-electron chi connectivity index (χ3n) is 8.94. The number of esters is 1. The maximum atomic E-state index is 13.3. The first kappa shape index (κ1) is 37.5. The van der Waals surface area contributed by atoms with Gasteiger partial charge in [-0.1, -0.05) is 0 Å². The lowest BCUT2D eigenvalue weighted by atomic mass is 9.97. The molecule has 0 amide bonds. The molecule has 0 spiro atoms. The van der Waals surface area contributed by atoms with Gasteiger partial charge < -0.3 is 89.7 Å². The number of aromatic hydroxyl groups is 8. The van der Waals surface area contributed by atoms with Gasteiger partial charge in [0.1, 0.15) is 53.7 Å². The number of ether oxygens (including phenoxy) is 6. The Kier molecular flexibility index (Phi) is 10.4. The van der Waals surface area contributed by atoms with E-state index in [-0.39, 0.29) is 28.4 Å². The lowest BCUT2D eigenvalue weighted by Gasteiger charge is -2.43. The van der Waals surface area contributed by atoms with Crippen LogP contribution in [0.2, 0.25) is 0 Å². The number of phenols is 7. The van der Waals surface area contributed by atoms with Crippen molar-refractivity contribution in [1.82, 2.24) is 0 Å². The van der Waals surface area contributed by atoms with E-state index in [1.807, 2.05) is 0 Å². The molecule has 0 aliphatic carbocycles. The van der Waals surface area contributed by atoms with Gasteiger partial charge >= 0.3 is 5.97 Å². The molecule has 6 rings (SSSR count). The average Bonchev–Trinajstić information content (AvgIpc) is 3.11. The molecule has 2 saturated heterocycles. The van der Waals surface area contributed by atoms with Crippen molar-refractivity contribution in [3.05, 3.63) is 64.9 Å². The molecule has 3 heterocycles. The fourth-order valence-electron chi connectivity index (χ4n) is 5.99. The second-order valence-electron chi connectivity index (χ2n) is 12.6. The minimum atomic E-state index is -2.04. The third-order valence-corrected chi connectivity index (χ3v) is 8.94. The second-order valence-corrected chi connectivity index (χ2v) is 12.6. The van der Waals surface area contributed by atoms with E-state index >= 15 is 0 Å². The van der Waals surface area contributed by atoms with Crippen LogP contribution in [0.1, 0.15) is 34.5 Å². The fraction of sp³-hybridized carbons (Fsp3) is 0.382. The molecule has 3 aromatic rings. The summed E-state index contributed by atoms with van der Waals surface area (Å²) in [5.41, 5.74) is -0.279. The fourth-order valence-corrected chi connectivity index (χ4v) is 5.99. The molecule has 0 aromatic heterocycles. The number of hydrogen-bond acceptors (Lipinski definition) is 18. The third kappa shape index (κ3) is 7.36. The quantitative estimate of drug-likeness (QED) is 0.0784. The molecule has 0 radical (unpaired) electrons. The molecule has 19 nitrogen and oxygen atoms in total. The monoisotopic (exact) mass is 749 g/mol. The largest absolute Gasteiger partial charge is 0.571 e. The Morgan fingerprint density at radius 1 is 0.736 bits per heavy atom. The Labute approximate surface area is 298 Å². The zero-order valence-electron chi connectivity index (χ0n) is 27.4. The summed E-state index contributed by atoms with van der Waals surface area (Å²) in [5.74, 6) is -5.92. The number of aliphatic hydroxyl groups is 6. The Morgan fingerprint density at radius 2 is 1.43 bits per heavy atom. The Morgan fingerprint density at radius 3 is 2.11 bits per heavy atom. The molecule has 0 bridgehead atoms. The maximum absolute atomic E-state index is 13.3. The molecule has 3 aliphatic rings. The van der Waals surface area contributed by atoms with Crippen LogP contribution in [0.4, 0.5) is 0 Å². The Balaban J connectivity index is 1.35. The van der Waals surface area contributed by atoms with Crippen LogP contribution in [-0.2, 0) is 23.7 Å². The SMILES string of the molecule is C[C@@H]1O[C@H](OC[C@@H]2O[C@H](OC3=Cc4c(O)cc(O)cc4[OH+]C3c3ccc(O)c(O)c3)[C@@H](OC(=O)c3cc(O)c(O)c(O)c3)[C@H](O)[C@H]2O)[C@@H](O)[C@H](O)[C@H]1O. The molecule has 3 aliphatic heterocycles. The minimum absolute atomic E-state index is 0.0372. The topological polar surface area (TPSA) is 319 Å². The molecule has 11 atom stereocenters. The average molecular weight is 750 g/mol. The lowest BCUT2D eigenvalue weighted by molar-refractivity contribution is -0.324. The Bertz CT molecular complexity index is 1860. The van der Waals surface area contributed by atoms with Crippen LogP contribution >= 0.6 is 0 Å². The van der Waals surface area contributed by atoms with E-state index in [9.17, 15) is 66.1 Å². The van der Waals surface area contributed by atoms with E-state index in [4.69, 9.17) is 23.7 Å². The summed E-state index contributed by atoms with van der Waals surface area (Å²) in [5, 5.41) is 124. The van der Waals surface area contributed by atoms with E-state index in [0.717, 1.165) is 30.3 Å². The van der Waals surface area contributed by atoms with Gasteiger partial charge in [0.05, 0.1) is 29.9 Å². The van der Waals surface area contributed by atoms with Gasteiger partial charge in [-0.3, -0.25) is 0 Å². The molecule has 2 fully saturated rings. The molecule has 19 heteroatoms. The summed E-state index contributed by atoms with van der Waals surface area (Å²) in [6, 6.07) is 7.43. The molecule has 13 N–H and O–H groups in total. The van der Waals surface area contributed by atoms with Crippen LogP contribution < -0.4 is 0 Å². The zero-order valence-corrected chi connectivity index (χ0v) is 27.4. The van der Waals surface area contributed by atoms with Crippen molar-refractivity contribution in [2.24, 2.45) is 0 Å². The number of aliphatic hydroxyl groups excluding tert-OH is 5. The van der Waals surface area contributed by atoms with Crippen LogP contribution in [0.15, 0.2) is 48.2 Å². The summed E-state index contributed by atoms with van der Waals surface area (Å²) in [7, 11) is 0. The summed E-state index contributed by atoms with van der Waals surface area (Å²) in [6.07, 6.45) is -16.6. The first-order valence-electron chi connectivity index (χ1n) is 16.0. The van der Waals surface area contributed by atoms with Crippen LogP contribution in [0, 0.1) is 0 Å². The van der Waals surface area contributed by atoms with Crippen molar-refractivity contribution in [3.8, 4) is 46.0 Å². The summed E-state index contributed by atoms with van der Waals surface area (Å²) in [6.45, 7) is 0.754. The molecule has 53 heavy (non-hydrogen) atoms. The summed E-state index contributed by atoms with van der Waals surface area (Å²) >= 11 is 0. The molecular formula is C34H37O19+. The number of fused-ring (bicyclic) bond motifs is 1. The van der Waals surface area contributed by atoms with Crippen molar-refractivity contribution >= 4 is 12.0 Å². The highest BCUT2D eigenvalue weighted by Crippen LogP contribution is 2.46. The number of rotatable bonds is 8. The molecule has 3 aromatic carbocycles. The summed E-state index contributed by atoms with van der Waals surface area (Å²) in [4.78, 5) is 13.3. The molecule has 286 valence electrons. The number of carbonyl (C=O) groups excluding carboxylic acids is 1. The van der Waals surface area contributed by atoms with E-state index in [1.165, 1.54) is 25.1 Å². The van der Waals surface area contributed by atoms with Crippen LogP contribution in [0.25, 0.3) is 6.08 Å². The van der Waals surface area contributed by atoms with Gasteiger partial charge in [-0.15, -0.1) is 0 Å². The highest BCUT2D eigenvalue weighted by atomic mass is 16.7. The van der Waals surface area contributed by atoms with Crippen molar-refractivity contribution < 1.29 is 94.5 Å². The molecule has 0 saturated carbocycles. The van der Waals surface area contributed by atoms with Crippen LogP contribution in [0.5, 0.6) is 46.0 Å². The van der Waals surface area contributed by atoms with Crippen molar-refractivity contribution in [3.63, 3.8) is 0 Å². The van der Waals surface area contributed by atoms with Gasteiger partial charge in [0, 0.05) is 12.1 Å². The zero-order chi connectivity index (χ0) is 38.5. The number of benzene rings is 3. The van der Waals surface area contributed by atoms with Crippen LogP contribution in [0.3, 0.4) is 0 Å². The van der Waals surface area contributed by atoms with Gasteiger partial charge in [-0.05, 0) is 37.3 Å². The van der Waals surface area contributed by atoms with Crippen molar-refractivity contribution in [1.29, 1.82) is 0 Å². The highest BCUT2D eigenvalue weighted by Gasteiger charge is 2.51. The Hall–Kier alpha value is -5.25. The van der Waals surface area contributed by atoms with E-state index in [2.05, 4.69) is 4.74 Å².